The number of nitrogens with zero attached hydrogens (tertiary/aromatic N) is 2. The van der Waals surface area contributed by atoms with Crippen LogP contribution in [-0.4, -0.2) is 47.0 Å². The third-order valence-electron chi connectivity index (χ3n) is 4.82. The first-order valence-electron chi connectivity index (χ1n) is 10.5. The topological polar surface area (TPSA) is 93.8 Å². The molecule has 9 heteroatoms. The largest absolute Gasteiger partial charge is 0.479 e. The first kappa shape index (κ1) is 24.8. The smallest absolute Gasteiger partial charge is 0.341 e. The molecule has 0 amide bonds. The summed E-state index contributed by atoms with van der Waals surface area (Å²) >= 11 is 6.50. The van der Waals surface area contributed by atoms with Gasteiger partial charge in [0, 0.05) is 25.8 Å². The van der Waals surface area contributed by atoms with Gasteiger partial charge < -0.3 is 19.7 Å². The predicted octanol–water partition coefficient (Wildman–Crippen LogP) is 4.36. The Kier molecular flexibility index (Phi) is 8.16. The van der Waals surface area contributed by atoms with E-state index in [2.05, 4.69) is 36.5 Å². The summed E-state index contributed by atoms with van der Waals surface area (Å²) in [6, 6.07) is 11.9. The number of aliphatic hydroxyl groups excluding tert-OH is 1. The van der Waals surface area contributed by atoms with Crippen molar-refractivity contribution in [1.29, 1.82) is 0 Å². The Morgan fingerprint density at radius 1 is 1.18 bits per heavy atom. The third-order valence-corrected chi connectivity index (χ3v) is 6.84. The van der Waals surface area contributed by atoms with Crippen molar-refractivity contribution in [1.82, 2.24) is 9.55 Å². The SMILES string of the molecule is C[Si](C)(C)CCOCn1c(OCC(=O)O)nc2cc(C#Cc3ccc(CO)cc3)c(Cl)cc21. The molecule has 0 aliphatic heterocycles. The molecule has 0 radical (unpaired) electrons. The maximum Gasteiger partial charge on any atom is 0.341 e. The molecule has 0 atom stereocenters. The summed E-state index contributed by atoms with van der Waals surface area (Å²) in [6.07, 6.45) is 0. The van der Waals surface area contributed by atoms with Gasteiger partial charge in [0.05, 0.1) is 22.7 Å². The zero-order valence-corrected chi connectivity index (χ0v) is 20.6. The minimum atomic E-state index is -1.24. The summed E-state index contributed by atoms with van der Waals surface area (Å²) in [4.78, 5) is 15.4. The van der Waals surface area contributed by atoms with Crippen molar-refractivity contribution in [3.8, 4) is 17.9 Å². The number of hydrogen-bond acceptors (Lipinski definition) is 5. The minimum absolute atomic E-state index is 0.0208. The highest BCUT2D eigenvalue weighted by Gasteiger charge is 2.17. The van der Waals surface area contributed by atoms with E-state index in [-0.39, 0.29) is 19.3 Å². The van der Waals surface area contributed by atoms with Crippen molar-refractivity contribution in [3.63, 3.8) is 0 Å². The molecule has 33 heavy (non-hydrogen) atoms. The maximum absolute atomic E-state index is 11.0. The Morgan fingerprint density at radius 3 is 2.55 bits per heavy atom. The molecule has 174 valence electrons. The molecule has 1 aromatic heterocycles. The fraction of sp³-hybridized carbons (Fsp3) is 0.333. The van der Waals surface area contributed by atoms with E-state index in [4.69, 9.17) is 31.3 Å². The number of hydrogen-bond donors (Lipinski definition) is 2. The summed E-state index contributed by atoms with van der Waals surface area (Å²) in [6.45, 7) is 7.05. The van der Waals surface area contributed by atoms with Crippen LogP contribution in [0, 0.1) is 11.8 Å². The second kappa shape index (κ2) is 10.9. The van der Waals surface area contributed by atoms with Gasteiger partial charge >= 0.3 is 5.97 Å². The number of carbonyl (C=O) groups is 1. The highest BCUT2D eigenvalue weighted by Crippen LogP contribution is 2.28. The lowest BCUT2D eigenvalue weighted by atomic mass is 10.1. The Hall–Kier alpha value is -2.83. The van der Waals surface area contributed by atoms with E-state index in [1.807, 2.05) is 24.3 Å². The van der Waals surface area contributed by atoms with Crippen LogP contribution in [0.15, 0.2) is 36.4 Å². The number of aliphatic hydroxyl groups is 1. The normalized spacial score (nSPS) is 11.3. The standard InChI is InChI=1S/C24H27ClN2O5Si/c1-33(2,3)11-10-31-16-27-22-13-20(25)19(9-8-17-4-6-18(14-28)7-5-17)12-21(22)26-24(27)32-15-23(29)30/h4-7,12-13,28H,10-11,14-16H2,1-3H3,(H,29,30). The monoisotopic (exact) mass is 486 g/mol. The van der Waals surface area contributed by atoms with Gasteiger partial charge in [-0.05, 0) is 35.9 Å². The predicted molar refractivity (Wildman–Crippen MR) is 130 cm³/mol. The Morgan fingerprint density at radius 2 is 1.91 bits per heavy atom. The van der Waals surface area contributed by atoms with E-state index < -0.39 is 20.7 Å². The number of imidazole rings is 1. The van der Waals surface area contributed by atoms with E-state index >= 15 is 0 Å². The Labute approximate surface area is 198 Å². The number of carboxylic acid groups (broad SMARTS) is 1. The van der Waals surface area contributed by atoms with E-state index in [1.54, 1.807) is 16.7 Å². The highest BCUT2D eigenvalue weighted by molar-refractivity contribution is 6.76. The molecule has 7 nitrogen and oxygen atoms in total. The number of carboxylic acids is 1. The van der Waals surface area contributed by atoms with Crippen LogP contribution in [0.4, 0.5) is 0 Å². The molecule has 2 aromatic carbocycles. The van der Waals surface area contributed by atoms with E-state index in [9.17, 15) is 4.79 Å². The molecular weight excluding hydrogens is 460 g/mol. The fourth-order valence-electron chi connectivity index (χ4n) is 2.95. The average molecular weight is 487 g/mol. The van der Waals surface area contributed by atoms with Crippen LogP contribution in [0.3, 0.4) is 0 Å². The molecule has 0 saturated heterocycles. The molecule has 3 aromatic rings. The van der Waals surface area contributed by atoms with Gasteiger partial charge in [-0.1, -0.05) is 55.2 Å². The second-order valence-electron chi connectivity index (χ2n) is 8.78. The van der Waals surface area contributed by atoms with Crippen molar-refractivity contribution in [2.75, 3.05) is 13.2 Å². The van der Waals surface area contributed by atoms with E-state index in [0.717, 1.165) is 17.2 Å². The molecule has 0 unspecified atom stereocenters. The first-order valence-corrected chi connectivity index (χ1v) is 14.6. The summed E-state index contributed by atoms with van der Waals surface area (Å²) in [5.41, 5.74) is 3.44. The third kappa shape index (κ3) is 7.07. The van der Waals surface area contributed by atoms with Gasteiger partial charge in [-0.15, -0.1) is 0 Å². The number of rotatable bonds is 9. The number of aromatic nitrogens is 2. The molecule has 0 aliphatic carbocycles. The zero-order chi connectivity index (χ0) is 24.0. The summed E-state index contributed by atoms with van der Waals surface area (Å²) in [5, 5.41) is 18.6. The minimum Gasteiger partial charge on any atom is -0.479 e. The van der Waals surface area contributed by atoms with Gasteiger partial charge in [-0.2, -0.15) is 4.98 Å². The van der Waals surface area contributed by atoms with Crippen molar-refractivity contribution in [3.05, 3.63) is 58.1 Å². The van der Waals surface area contributed by atoms with Crippen LogP contribution >= 0.6 is 11.6 Å². The van der Waals surface area contributed by atoms with Gasteiger partial charge in [0.2, 0.25) is 0 Å². The number of aliphatic carboxylic acids is 1. The molecule has 1 heterocycles. The maximum atomic E-state index is 11.0. The number of benzene rings is 2. The van der Waals surface area contributed by atoms with E-state index in [0.29, 0.717) is 28.2 Å². The molecule has 0 saturated carbocycles. The van der Waals surface area contributed by atoms with Crippen LogP contribution in [0.5, 0.6) is 6.01 Å². The fourth-order valence-corrected chi connectivity index (χ4v) is 3.91. The summed E-state index contributed by atoms with van der Waals surface area (Å²) in [5.74, 6) is 5.01. The van der Waals surface area contributed by atoms with Crippen LogP contribution in [0.2, 0.25) is 30.7 Å². The Bertz CT molecular complexity index is 1190. The second-order valence-corrected chi connectivity index (χ2v) is 14.8. The van der Waals surface area contributed by atoms with Gasteiger partial charge in [-0.3, -0.25) is 4.57 Å². The molecule has 0 spiro atoms. The highest BCUT2D eigenvalue weighted by atomic mass is 35.5. The van der Waals surface area contributed by atoms with Crippen LogP contribution in [-0.2, 0) is 22.9 Å². The van der Waals surface area contributed by atoms with Gasteiger partial charge in [0.1, 0.15) is 6.73 Å². The number of halogens is 1. The van der Waals surface area contributed by atoms with Crippen molar-refractivity contribution < 1.29 is 24.5 Å². The first-order chi connectivity index (χ1) is 15.7. The molecule has 0 aliphatic rings. The lowest BCUT2D eigenvalue weighted by Gasteiger charge is -2.16. The van der Waals surface area contributed by atoms with Crippen molar-refractivity contribution in [2.24, 2.45) is 0 Å². The Balaban J connectivity index is 1.89. The van der Waals surface area contributed by atoms with Crippen LogP contribution < -0.4 is 4.74 Å². The lowest BCUT2D eigenvalue weighted by molar-refractivity contribution is -0.139. The molecule has 0 fully saturated rings. The van der Waals surface area contributed by atoms with Crippen LogP contribution in [0.25, 0.3) is 11.0 Å². The van der Waals surface area contributed by atoms with Crippen molar-refractivity contribution >= 4 is 36.7 Å². The molecule has 0 bridgehead atoms. The van der Waals surface area contributed by atoms with Gasteiger partial charge in [0.25, 0.3) is 6.01 Å². The summed E-state index contributed by atoms with van der Waals surface area (Å²) < 4.78 is 12.9. The quantitative estimate of drug-likeness (QED) is 0.265. The molecular formula is C24H27ClN2O5Si. The van der Waals surface area contributed by atoms with Gasteiger partial charge in [0.15, 0.2) is 6.61 Å². The van der Waals surface area contributed by atoms with E-state index in [1.165, 1.54) is 0 Å². The number of ether oxygens (including phenoxy) is 2. The van der Waals surface area contributed by atoms with Crippen LogP contribution in [0.1, 0.15) is 16.7 Å². The van der Waals surface area contributed by atoms with Crippen molar-refractivity contribution in [2.45, 2.75) is 39.0 Å². The molecule has 3 rings (SSSR count). The average Bonchev–Trinajstić information content (AvgIpc) is 3.09. The number of fused-ring (bicyclic) bond motifs is 1. The zero-order valence-electron chi connectivity index (χ0n) is 18.9. The summed E-state index contributed by atoms with van der Waals surface area (Å²) in [7, 11) is -1.24. The molecule has 2 N–H and O–H groups in total. The van der Waals surface area contributed by atoms with Gasteiger partial charge in [-0.25, -0.2) is 4.79 Å². The lowest BCUT2D eigenvalue weighted by Crippen LogP contribution is -2.22.